The Morgan fingerprint density at radius 1 is 1.30 bits per heavy atom. The van der Waals surface area contributed by atoms with E-state index in [0.717, 1.165) is 13.1 Å². The van der Waals surface area contributed by atoms with Gasteiger partial charge < -0.3 is 10.2 Å². The lowest BCUT2D eigenvalue weighted by molar-refractivity contribution is 0.185. The second-order valence-electron chi connectivity index (χ2n) is 6.21. The van der Waals surface area contributed by atoms with Gasteiger partial charge in [-0.25, -0.2) is 0 Å². The van der Waals surface area contributed by atoms with Crippen LogP contribution in [0.15, 0.2) is 30.3 Å². The highest BCUT2D eigenvalue weighted by Gasteiger charge is 2.22. The van der Waals surface area contributed by atoms with Gasteiger partial charge in [0.1, 0.15) is 0 Å². The molecule has 2 atom stereocenters. The summed E-state index contributed by atoms with van der Waals surface area (Å²) in [5.41, 5.74) is 1.42. The normalized spacial score (nSPS) is 22.7. The van der Waals surface area contributed by atoms with Crippen molar-refractivity contribution in [2.75, 3.05) is 40.3 Å². The van der Waals surface area contributed by atoms with Gasteiger partial charge in [-0.05, 0) is 59.1 Å². The van der Waals surface area contributed by atoms with E-state index in [2.05, 4.69) is 66.5 Å². The fourth-order valence-corrected chi connectivity index (χ4v) is 2.89. The molecule has 0 aromatic heterocycles. The summed E-state index contributed by atoms with van der Waals surface area (Å²) < 4.78 is 0. The molecule has 1 aliphatic heterocycles. The molecule has 1 aromatic carbocycles. The first-order valence-electron chi connectivity index (χ1n) is 7.84. The van der Waals surface area contributed by atoms with Crippen molar-refractivity contribution in [3.63, 3.8) is 0 Å². The third kappa shape index (κ3) is 4.58. The van der Waals surface area contributed by atoms with Crippen molar-refractivity contribution in [1.82, 2.24) is 15.1 Å². The van der Waals surface area contributed by atoms with Gasteiger partial charge in [-0.15, -0.1) is 0 Å². The maximum absolute atomic E-state index is 3.70. The Bertz CT molecular complexity index is 377. The molecule has 0 amide bonds. The molecular weight excluding hydrogens is 246 g/mol. The van der Waals surface area contributed by atoms with Gasteiger partial charge in [0.25, 0.3) is 0 Å². The van der Waals surface area contributed by atoms with Crippen LogP contribution in [0, 0.1) is 0 Å². The van der Waals surface area contributed by atoms with Crippen LogP contribution in [0.25, 0.3) is 0 Å². The number of hydrogen-bond donors (Lipinski definition) is 1. The SMILES string of the molecule is CC(CCN(C)C)N1CCCNC(c2ccccc2)C1. The fourth-order valence-electron chi connectivity index (χ4n) is 2.89. The molecular formula is C17H29N3. The van der Waals surface area contributed by atoms with Crippen LogP contribution in [0.4, 0.5) is 0 Å². The van der Waals surface area contributed by atoms with Crippen molar-refractivity contribution in [1.29, 1.82) is 0 Å². The van der Waals surface area contributed by atoms with Gasteiger partial charge in [0.05, 0.1) is 0 Å². The Hall–Kier alpha value is -0.900. The Labute approximate surface area is 124 Å². The Kier molecular flexibility index (Phi) is 6.02. The molecule has 0 saturated carbocycles. The molecule has 1 saturated heterocycles. The summed E-state index contributed by atoms with van der Waals surface area (Å²) in [6.07, 6.45) is 2.49. The second-order valence-corrected chi connectivity index (χ2v) is 6.21. The Morgan fingerprint density at radius 2 is 2.05 bits per heavy atom. The molecule has 2 rings (SSSR count). The first kappa shape index (κ1) is 15.5. The molecule has 0 aliphatic carbocycles. The van der Waals surface area contributed by atoms with Crippen LogP contribution in [0.3, 0.4) is 0 Å². The number of nitrogens with zero attached hydrogens (tertiary/aromatic N) is 2. The molecule has 0 bridgehead atoms. The van der Waals surface area contributed by atoms with Crippen molar-refractivity contribution in [2.24, 2.45) is 0 Å². The minimum absolute atomic E-state index is 0.473. The third-order valence-electron chi connectivity index (χ3n) is 4.25. The topological polar surface area (TPSA) is 18.5 Å². The zero-order valence-electron chi connectivity index (χ0n) is 13.2. The lowest BCUT2D eigenvalue weighted by Crippen LogP contribution is -2.39. The minimum Gasteiger partial charge on any atom is -0.309 e. The summed E-state index contributed by atoms with van der Waals surface area (Å²) in [7, 11) is 4.31. The van der Waals surface area contributed by atoms with Gasteiger partial charge in [0.15, 0.2) is 0 Å². The van der Waals surface area contributed by atoms with E-state index in [1.54, 1.807) is 0 Å². The molecule has 1 aromatic rings. The van der Waals surface area contributed by atoms with E-state index in [9.17, 15) is 0 Å². The van der Waals surface area contributed by atoms with Gasteiger partial charge in [-0.2, -0.15) is 0 Å². The highest BCUT2D eigenvalue weighted by Crippen LogP contribution is 2.19. The van der Waals surface area contributed by atoms with E-state index in [0.29, 0.717) is 12.1 Å². The Morgan fingerprint density at radius 3 is 2.75 bits per heavy atom. The van der Waals surface area contributed by atoms with Gasteiger partial charge in [-0.3, -0.25) is 4.90 Å². The van der Waals surface area contributed by atoms with Crippen LogP contribution >= 0.6 is 0 Å². The highest BCUT2D eigenvalue weighted by molar-refractivity contribution is 5.19. The summed E-state index contributed by atoms with van der Waals surface area (Å²) in [4.78, 5) is 4.93. The van der Waals surface area contributed by atoms with Crippen LogP contribution in [-0.2, 0) is 0 Å². The summed E-state index contributed by atoms with van der Waals surface area (Å²) in [6.45, 7) is 7.00. The van der Waals surface area contributed by atoms with Gasteiger partial charge in [-0.1, -0.05) is 30.3 Å². The van der Waals surface area contributed by atoms with E-state index in [-0.39, 0.29) is 0 Å². The molecule has 1 heterocycles. The van der Waals surface area contributed by atoms with Crippen LogP contribution in [0.1, 0.15) is 31.4 Å². The first-order valence-corrected chi connectivity index (χ1v) is 7.84. The van der Waals surface area contributed by atoms with Crippen molar-refractivity contribution in [2.45, 2.75) is 31.8 Å². The number of rotatable bonds is 5. The second kappa shape index (κ2) is 7.77. The standard InChI is InChI=1S/C17H29N3/c1-15(10-13-19(2)3)20-12-7-11-18-17(14-20)16-8-5-4-6-9-16/h4-6,8-9,15,17-18H,7,10-14H2,1-3H3. The maximum atomic E-state index is 3.70. The monoisotopic (exact) mass is 275 g/mol. The highest BCUT2D eigenvalue weighted by atomic mass is 15.2. The Balaban J connectivity index is 1.96. The van der Waals surface area contributed by atoms with Crippen LogP contribution in [0.5, 0.6) is 0 Å². The molecule has 3 heteroatoms. The average molecular weight is 275 g/mol. The van der Waals surface area contributed by atoms with E-state index >= 15 is 0 Å². The molecule has 0 radical (unpaired) electrons. The number of hydrogen-bond acceptors (Lipinski definition) is 3. The van der Waals surface area contributed by atoms with Crippen LogP contribution in [-0.4, -0.2) is 56.1 Å². The van der Waals surface area contributed by atoms with E-state index in [1.165, 1.54) is 31.5 Å². The van der Waals surface area contributed by atoms with Crippen molar-refractivity contribution in [3.8, 4) is 0 Å². The first-order chi connectivity index (χ1) is 9.66. The van der Waals surface area contributed by atoms with E-state index < -0.39 is 0 Å². The zero-order chi connectivity index (χ0) is 14.4. The van der Waals surface area contributed by atoms with Gasteiger partial charge in [0.2, 0.25) is 0 Å². The smallest absolute Gasteiger partial charge is 0.0449 e. The minimum atomic E-state index is 0.473. The molecule has 1 aliphatic rings. The van der Waals surface area contributed by atoms with Crippen molar-refractivity contribution in [3.05, 3.63) is 35.9 Å². The van der Waals surface area contributed by atoms with Crippen LogP contribution in [0.2, 0.25) is 0 Å². The molecule has 3 nitrogen and oxygen atoms in total. The lowest BCUT2D eigenvalue weighted by Gasteiger charge is -2.31. The molecule has 112 valence electrons. The zero-order valence-corrected chi connectivity index (χ0v) is 13.2. The molecule has 0 spiro atoms. The predicted molar refractivity (Wildman–Crippen MR) is 86.0 cm³/mol. The maximum Gasteiger partial charge on any atom is 0.0449 e. The molecule has 20 heavy (non-hydrogen) atoms. The molecule has 2 unspecified atom stereocenters. The molecule has 1 fully saturated rings. The van der Waals surface area contributed by atoms with E-state index in [1.807, 2.05) is 0 Å². The predicted octanol–water partition coefficient (Wildman–Crippen LogP) is 2.36. The van der Waals surface area contributed by atoms with E-state index in [4.69, 9.17) is 0 Å². The number of nitrogens with one attached hydrogen (secondary N) is 1. The fraction of sp³-hybridized carbons (Fsp3) is 0.647. The van der Waals surface area contributed by atoms with Crippen molar-refractivity contribution < 1.29 is 0 Å². The van der Waals surface area contributed by atoms with Gasteiger partial charge in [0, 0.05) is 18.6 Å². The van der Waals surface area contributed by atoms with Crippen molar-refractivity contribution >= 4 is 0 Å². The number of benzene rings is 1. The largest absolute Gasteiger partial charge is 0.309 e. The third-order valence-corrected chi connectivity index (χ3v) is 4.25. The lowest BCUT2D eigenvalue weighted by atomic mass is 10.1. The quantitative estimate of drug-likeness (QED) is 0.890. The van der Waals surface area contributed by atoms with Crippen LogP contribution < -0.4 is 5.32 Å². The summed E-state index contributed by atoms with van der Waals surface area (Å²) in [5.74, 6) is 0. The summed E-state index contributed by atoms with van der Waals surface area (Å²) in [5, 5.41) is 3.70. The molecule has 1 N–H and O–H groups in total. The van der Waals surface area contributed by atoms with Gasteiger partial charge >= 0.3 is 0 Å². The average Bonchev–Trinajstić information content (AvgIpc) is 2.71. The summed E-state index contributed by atoms with van der Waals surface area (Å²) >= 11 is 0. The summed E-state index contributed by atoms with van der Waals surface area (Å²) in [6, 6.07) is 12.0.